The molecule has 3 aromatic carbocycles. The van der Waals surface area contributed by atoms with E-state index in [4.69, 9.17) is 14.2 Å². The first-order valence-electron chi connectivity index (χ1n) is 12.0. The molecule has 184 valence electrons. The van der Waals surface area contributed by atoms with E-state index in [1.54, 1.807) is 19.2 Å². The molecule has 1 fully saturated rings. The third-order valence-electron chi connectivity index (χ3n) is 5.95. The third kappa shape index (κ3) is 7.47. The fourth-order valence-corrected chi connectivity index (χ4v) is 4.10. The molecule has 2 N–H and O–H groups in total. The van der Waals surface area contributed by atoms with Gasteiger partial charge in [-0.15, -0.1) is 0 Å². The Morgan fingerprint density at radius 1 is 0.943 bits per heavy atom. The van der Waals surface area contributed by atoms with Crippen molar-refractivity contribution >= 4 is 11.8 Å². The minimum atomic E-state index is -0.515. The smallest absolute Gasteiger partial charge is 0.417 e. The minimum Gasteiger partial charge on any atom is -0.493 e. The van der Waals surface area contributed by atoms with Gasteiger partial charge in [0.1, 0.15) is 5.75 Å². The van der Waals surface area contributed by atoms with Gasteiger partial charge in [0.25, 0.3) is 0 Å². The molecule has 0 saturated heterocycles. The number of amides is 1. The number of nitrogens with one attached hydrogen (secondary N) is 2. The number of carbonyl (C=O) groups is 1. The molecule has 0 spiro atoms. The molecule has 0 heterocycles. The van der Waals surface area contributed by atoms with Gasteiger partial charge in [0.15, 0.2) is 11.5 Å². The normalized spacial score (nSPS) is 13.6. The molecule has 1 amide bonds. The van der Waals surface area contributed by atoms with E-state index in [0.717, 1.165) is 35.5 Å². The topological polar surface area (TPSA) is 72.1 Å². The van der Waals surface area contributed by atoms with Gasteiger partial charge in [-0.2, -0.15) is 0 Å². The van der Waals surface area contributed by atoms with E-state index < -0.39 is 6.09 Å². The number of rotatable bonds is 10. The van der Waals surface area contributed by atoms with Crippen molar-refractivity contribution in [3.05, 3.63) is 83.9 Å². The lowest BCUT2D eigenvalue weighted by Crippen LogP contribution is -2.33. The van der Waals surface area contributed by atoms with Crippen molar-refractivity contribution < 1.29 is 19.0 Å². The van der Waals surface area contributed by atoms with E-state index in [0.29, 0.717) is 24.5 Å². The monoisotopic (exact) mass is 475 g/mol. The van der Waals surface area contributed by atoms with Crippen LogP contribution in [-0.2, 0) is 13.1 Å². The Morgan fingerprint density at radius 3 is 2.37 bits per heavy atom. The lowest BCUT2D eigenvalue weighted by molar-refractivity contribution is 0.199. The fraction of sp³-hybridized carbons (Fsp3) is 0.321. The van der Waals surface area contributed by atoms with Crippen LogP contribution in [0.3, 0.4) is 0 Å². The Morgan fingerprint density at radius 2 is 1.66 bits per heavy atom. The second-order valence-electron chi connectivity index (χ2n) is 8.72. The molecular formula is C28H33N3O4. The van der Waals surface area contributed by atoms with Crippen LogP contribution < -0.4 is 25.0 Å². The first-order valence-corrected chi connectivity index (χ1v) is 12.0. The molecule has 0 bridgehead atoms. The molecule has 4 rings (SSSR count). The number of benzene rings is 3. The maximum atomic E-state index is 12.1. The number of hydrogen-bond donors (Lipinski definition) is 2. The second kappa shape index (κ2) is 12.2. The first-order chi connectivity index (χ1) is 17.1. The van der Waals surface area contributed by atoms with Gasteiger partial charge >= 0.3 is 6.09 Å². The van der Waals surface area contributed by atoms with Crippen molar-refractivity contribution in [2.24, 2.45) is 0 Å². The lowest BCUT2D eigenvalue weighted by atomic mass is 10.2. The predicted octanol–water partition coefficient (Wildman–Crippen LogP) is 5.76. The van der Waals surface area contributed by atoms with Crippen molar-refractivity contribution in [1.82, 2.24) is 10.4 Å². The summed E-state index contributed by atoms with van der Waals surface area (Å²) < 4.78 is 17.0. The number of hydrogen-bond acceptors (Lipinski definition) is 6. The number of hydrazine groups is 1. The maximum Gasteiger partial charge on any atom is 0.417 e. The van der Waals surface area contributed by atoms with E-state index in [1.807, 2.05) is 60.6 Å². The van der Waals surface area contributed by atoms with E-state index in [-0.39, 0.29) is 6.10 Å². The van der Waals surface area contributed by atoms with Gasteiger partial charge in [-0.05, 0) is 73.2 Å². The molecule has 0 aromatic heterocycles. The number of para-hydroxylation sites is 1. The average molecular weight is 476 g/mol. The summed E-state index contributed by atoms with van der Waals surface area (Å²) in [6, 6.07) is 22.8. The molecular weight excluding hydrogens is 442 g/mol. The maximum absolute atomic E-state index is 12.1. The Labute approximate surface area is 207 Å². The van der Waals surface area contributed by atoms with Crippen LogP contribution in [0.4, 0.5) is 10.5 Å². The SMILES string of the molecule is COc1ccc(CNN(C)Cc2ccc(NC(=O)Oc3ccccc3)cc2)cc1OC1CCCC1. The second-order valence-corrected chi connectivity index (χ2v) is 8.72. The molecule has 0 radical (unpaired) electrons. The highest BCUT2D eigenvalue weighted by Gasteiger charge is 2.18. The molecule has 1 saturated carbocycles. The van der Waals surface area contributed by atoms with Crippen molar-refractivity contribution in [3.63, 3.8) is 0 Å². The number of nitrogens with zero attached hydrogens (tertiary/aromatic N) is 1. The number of carbonyl (C=O) groups excluding carboxylic acids is 1. The van der Waals surface area contributed by atoms with Crippen LogP contribution in [0.5, 0.6) is 17.2 Å². The van der Waals surface area contributed by atoms with Crippen LogP contribution in [0.25, 0.3) is 0 Å². The lowest BCUT2D eigenvalue weighted by Gasteiger charge is -2.20. The summed E-state index contributed by atoms with van der Waals surface area (Å²) in [5.41, 5.74) is 6.35. The van der Waals surface area contributed by atoms with E-state index >= 15 is 0 Å². The largest absolute Gasteiger partial charge is 0.493 e. The molecule has 7 nitrogen and oxygen atoms in total. The zero-order chi connectivity index (χ0) is 24.5. The number of methoxy groups -OCH3 is 1. The molecule has 1 aliphatic rings. The van der Waals surface area contributed by atoms with Crippen molar-refractivity contribution in [1.29, 1.82) is 0 Å². The fourth-order valence-electron chi connectivity index (χ4n) is 4.10. The van der Waals surface area contributed by atoms with Gasteiger partial charge in [-0.1, -0.05) is 36.4 Å². The quantitative estimate of drug-likeness (QED) is 0.363. The van der Waals surface area contributed by atoms with Crippen LogP contribution in [0.1, 0.15) is 36.8 Å². The Kier molecular flexibility index (Phi) is 8.59. The van der Waals surface area contributed by atoms with Crippen LogP contribution in [0.2, 0.25) is 0 Å². The number of anilines is 1. The summed E-state index contributed by atoms with van der Waals surface area (Å²) in [4.78, 5) is 12.1. The molecule has 0 unspecified atom stereocenters. The van der Waals surface area contributed by atoms with Gasteiger partial charge in [0.2, 0.25) is 0 Å². The highest BCUT2D eigenvalue weighted by molar-refractivity contribution is 5.86. The van der Waals surface area contributed by atoms with Crippen molar-refractivity contribution in [2.75, 3.05) is 19.5 Å². The van der Waals surface area contributed by atoms with E-state index in [1.165, 1.54) is 12.8 Å². The summed E-state index contributed by atoms with van der Waals surface area (Å²) in [6.45, 7) is 1.38. The van der Waals surface area contributed by atoms with Gasteiger partial charge in [0.05, 0.1) is 13.2 Å². The standard InChI is InChI=1S/C28H33N3O4/c1-31(29-19-22-14-17-26(33-2)27(18-22)34-24-10-6-7-11-24)20-21-12-15-23(16-13-21)30-28(32)35-25-8-4-3-5-9-25/h3-5,8-9,12-18,24,29H,6-7,10-11,19-20H2,1-2H3,(H,30,32). The molecule has 1 aliphatic carbocycles. The van der Waals surface area contributed by atoms with Crippen LogP contribution >= 0.6 is 0 Å². The van der Waals surface area contributed by atoms with Crippen molar-refractivity contribution in [3.8, 4) is 17.2 Å². The molecule has 35 heavy (non-hydrogen) atoms. The summed E-state index contributed by atoms with van der Waals surface area (Å²) >= 11 is 0. The zero-order valence-corrected chi connectivity index (χ0v) is 20.3. The van der Waals surface area contributed by atoms with Crippen LogP contribution in [-0.4, -0.2) is 31.4 Å². The summed E-state index contributed by atoms with van der Waals surface area (Å²) in [7, 11) is 3.68. The highest BCUT2D eigenvalue weighted by Crippen LogP contribution is 2.32. The summed E-state index contributed by atoms with van der Waals surface area (Å²) in [5, 5.41) is 4.78. The zero-order valence-electron chi connectivity index (χ0n) is 20.3. The summed E-state index contributed by atoms with van der Waals surface area (Å²) in [6.07, 6.45) is 4.45. The predicted molar refractivity (Wildman–Crippen MR) is 137 cm³/mol. The van der Waals surface area contributed by atoms with Gasteiger partial charge in [0, 0.05) is 25.8 Å². The minimum absolute atomic E-state index is 0.285. The van der Waals surface area contributed by atoms with Crippen molar-refractivity contribution in [2.45, 2.75) is 44.9 Å². The van der Waals surface area contributed by atoms with Crippen LogP contribution in [0, 0.1) is 0 Å². The Hall–Kier alpha value is -3.55. The molecule has 0 atom stereocenters. The van der Waals surface area contributed by atoms with Gasteiger partial charge < -0.3 is 14.2 Å². The van der Waals surface area contributed by atoms with Gasteiger partial charge in [-0.25, -0.2) is 9.80 Å². The van der Waals surface area contributed by atoms with E-state index in [2.05, 4.69) is 22.9 Å². The molecule has 3 aromatic rings. The highest BCUT2D eigenvalue weighted by atomic mass is 16.6. The number of ether oxygens (including phenoxy) is 3. The molecule has 7 heteroatoms. The Balaban J connectivity index is 1.25. The van der Waals surface area contributed by atoms with Crippen LogP contribution in [0.15, 0.2) is 72.8 Å². The average Bonchev–Trinajstić information content (AvgIpc) is 3.38. The third-order valence-corrected chi connectivity index (χ3v) is 5.95. The Bertz CT molecular complexity index is 1080. The first kappa shape index (κ1) is 24.6. The molecule has 0 aliphatic heterocycles. The summed E-state index contributed by atoms with van der Waals surface area (Å²) in [5.74, 6) is 2.09. The van der Waals surface area contributed by atoms with E-state index in [9.17, 15) is 4.79 Å². The van der Waals surface area contributed by atoms with Gasteiger partial charge in [-0.3, -0.25) is 10.7 Å².